The number of fused-ring (bicyclic) bond motifs is 1. The minimum Gasteiger partial charge on any atom is -0.423 e. The standard InChI is InChI=1S/C18H16ClNO2/c19-15-7-9-16(10-8-15)20-11-3-5-14-12-13-4-1-2-6-17(13)22-18(14)21/h1-2,4,6-10,12,20H,3,5,11H2. The fourth-order valence-electron chi connectivity index (χ4n) is 2.36. The van der Waals surface area contributed by atoms with Crippen molar-refractivity contribution >= 4 is 28.3 Å². The fraction of sp³-hybridized carbons (Fsp3) is 0.167. The molecule has 2 aromatic carbocycles. The number of hydrogen-bond acceptors (Lipinski definition) is 3. The molecule has 3 aromatic rings. The second kappa shape index (κ2) is 6.67. The largest absolute Gasteiger partial charge is 0.423 e. The molecule has 0 aliphatic rings. The summed E-state index contributed by atoms with van der Waals surface area (Å²) in [6.07, 6.45) is 1.54. The zero-order chi connectivity index (χ0) is 15.4. The third-order valence-electron chi connectivity index (χ3n) is 3.51. The number of benzene rings is 2. The van der Waals surface area contributed by atoms with Crippen molar-refractivity contribution in [2.45, 2.75) is 12.8 Å². The summed E-state index contributed by atoms with van der Waals surface area (Å²) in [6.45, 7) is 0.786. The van der Waals surface area contributed by atoms with E-state index in [1.165, 1.54) is 0 Å². The van der Waals surface area contributed by atoms with Crippen LogP contribution >= 0.6 is 11.6 Å². The summed E-state index contributed by atoms with van der Waals surface area (Å²) in [7, 11) is 0. The lowest BCUT2D eigenvalue weighted by atomic mass is 10.1. The first-order valence-corrected chi connectivity index (χ1v) is 7.61. The number of rotatable bonds is 5. The van der Waals surface area contributed by atoms with Crippen molar-refractivity contribution in [3.05, 3.63) is 75.6 Å². The minimum atomic E-state index is -0.245. The van der Waals surface area contributed by atoms with Gasteiger partial charge in [0, 0.05) is 28.2 Å². The quantitative estimate of drug-likeness (QED) is 0.557. The Morgan fingerprint density at radius 1 is 1.05 bits per heavy atom. The summed E-state index contributed by atoms with van der Waals surface area (Å²) in [5.41, 5.74) is 2.13. The molecule has 3 nitrogen and oxygen atoms in total. The number of hydrogen-bond donors (Lipinski definition) is 1. The van der Waals surface area contributed by atoms with Crippen LogP contribution in [-0.4, -0.2) is 6.54 Å². The van der Waals surface area contributed by atoms with Crippen molar-refractivity contribution < 1.29 is 4.42 Å². The van der Waals surface area contributed by atoms with Crippen LogP contribution in [0, 0.1) is 0 Å². The Labute approximate surface area is 133 Å². The molecule has 0 spiro atoms. The van der Waals surface area contributed by atoms with E-state index in [2.05, 4.69) is 5.32 Å². The molecule has 0 radical (unpaired) electrons. The Hall–Kier alpha value is -2.26. The summed E-state index contributed by atoms with van der Waals surface area (Å²) in [5, 5.41) is 4.99. The lowest BCUT2D eigenvalue weighted by Gasteiger charge is -2.06. The van der Waals surface area contributed by atoms with E-state index in [0.717, 1.165) is 34.6 Å². The lowest BCUT2D eigenvalue weighted by molar-refractivity contribution is 0.548. The molecule has 0 aliphatic heterocycles. The first kappa shape index (κ1) is 14.7. The number of anilines is 1. The molecule has 1 N–H and O–H groups in total. The van der Waals surface area contributed by atoms with E-state index in [1.54, 1.807) is 0 Å². The number of para-hydroxylation sites is 1. The highest BCUT2D eigenvalue weighted by Crippen LogP contribution is 2.15. The molecule has 1 aromatic heterocycles. The SMILES string of the molecule is O=c1oc2ccccc2cc1CCCNc1ccc(Cl)cc1. The molecule has 0 amide bonds. The summed E-state index contributed by atoms with van der Waals surface area (Å²) in [5.74, 6) is 0. The summed E-state index contributed by atoms with van der Waals surface area (Å²) >= 11 is 5.85. The third-order valence-corrected chi connectivity index (χ3v) is 3.76. The Balaban J connectivity index is 1.60. The van der Waals surface area contributed by atoms with Crippen molar-refractivity contribution in [2.24, 2.45) is 0 Å². The molecular formula is C18H16ClNO2. The van der Waals surface area contributed by atoms with Gasteiger partial charge in [-0.15, -0.1) is 0 Å². The zero-order valence-electron chi connectivity index (χ0n) is 12.0. The van der Waals surface area contributed by atoms with Crippen LogP contribution < -0.4 is 10.9 Å². The van der Waals surface area contributed by atoms with Crippen molar-refractivity contribution in [3.8, 4) is 0 Å². The molecule has 4 heteroatoms. The highest BCUT2D eigenvalue weighted by molar-refractivity contribution is 6.30. The highest BCUT2D eigenvalue weighted by atomic mass is 35.5. The van der Waals surface area contributed by atoms with E-state index in [4.69, 9.17) is 16.0 Å². The molecular weight excluding hydrogens is 298 g/mol. The average Bonchev–Trinajstić information content (AvgIpc) is 2.53. The highest BCUT2D eigenvalue weighted by Gasteiger charge is 2.04. The van der Waals surface area contributed by atoms with Crippen LogP contribution in [0.1, 0.15) is 12.0 Å². The summed E-state index contributed by atoms with van der Waals surface area (Å²) in [6, 6.07) is 17.1. The molecule has 22 heavy (non-hydrogen) atoms. The van der Waals surface area contributed by atoms with E-state index in [0.29, 0.717) is 12.0 Å². The van der Waals surface area contributed by atoms with Gasteiger partial charge in [-0.05, 0) is 49.2 Å². The van der Waals surface area contributed by atoms with Gasteiger partial charge >= 0.3 is 5.63 Å². The molecule has 0 atom stereocenters. The van der Waals surface area contributed by atoms with Gasteiger partial charge in [-0.1, -0.05) is 29.8 Å². The molecule has 0 fully saturated rings. The molecule has 0 saturated heterocycles. The fourth-order valence-corrected chi connectivity index (χ4v) is 2.48. The molecule has 1 heterocycles. The van der Waals surface area contributed by atoms with Gasteiger partial charge in [-0.3, -0.25) is 0 Å². The van der Waals surface area contributed by atoms with Gasteiger partial charge in [0.25, 0.3) is 0 Å². The van der Waals surface area contributed by atoms with Crippen molar-refractivity contribution in [1.82, 2.24) is 0 Å². The first-order chi connectivity index (χ1) is 10.7. The van der Waals surface area contributed by atoms with Crippen LogP contribution in [0.4, 0.5) is 5.69 Å². The average molecular weight is 314 g/mol. The van der Waals surface area contributed by atoms with Crippen molar-refractivity contribution in [2.75, 3.05) is 11.9 Å². The molecule has 3 rings (SSSR count). The van der Waals surface area contributed by atoms with Gasteiger partial charge in [-0.2, -0.15) is 0 Å². The molecule has 0 aliphatic carbocycles. The van der Waals surface area contributed by atoms with Gasteiger partial charge in [0.2, 0.25) is 0 Å². The van der Waals surface area contributed by atoms with E-state index < -0.39 is 0 Å². The predicted molar refractivity (Wildman–Crippen MR) is 90.7 cm³/mol. The van der Waals surface area contributed by atoms with Crippen molar-refractivity contribution in [3.63, 3.8) is 0 Å². The maximum Gasteiger partial charge on any atom is 0.339 e. The molecule has 0 saturated carbocycles. The van der Waals surface area contributed by atoms with Gasteiger partial charge in [0.05, 0.1) is 0 Å². The van der Waals surface area contributed by atoms with E-state index in [9.17, 15) is 4.79 Å². The van der Waals surface area contributed by atoms with E-state index in [1.807, 2.05) is 54.6 Å². The van der Waals surface area contributed by atoms with E-state index in [-0.39, 0.29) is 5.63 Å². The maximum absolute atomic E-state index is 11.9. The molecule has 112 valence electrons. The second-order valence-corrected chi connectivity index (χ2v) is 5.57. The second-order valence-electron chi connectivity index (χ2n) is 5.13. The molecule has 0 bridgehead atoms. The Morgan fingerprint density at radius 2 is 1.82 bits per heavy atom. The predicted octanol–water partition coefficient (Wildman–Crippen LogP) is 4.49. The number of halogens is 1. The van der Waals surface area contributed by atoms with Crippen LogP contribution in [0.3, 0.4) is 0 Å². The Morgan fingerprint density at radius 3 is 2.64 bits per heavy atom. The maximum atomic E-state index is 11.9. The Kier molecular flexibility index (Phi) is 4.45. The summed E-state index contributed by atoms with van der Waals surface area (Å²) < 4.78 is 5.33. The van der Waals surface area contributed by atoms with Gasteiger partial charge < -0.3 is 9.73 Å². The first-order valence-electron chi connectivity index (χ1n) is 7.23. The van der Waals surface area contributed by atoms with Crippen molar-refractivity contribution in [1.29, 1.82) is 0 Å². The normalized spacial score (nSPS) is 10.8. The molecule has 0 unspecified atom stereocenters. The lowest BCUT2D eigenvalue weighted by Crippen LogP contribution is -2.10. The van der Waals surface area contributed by atoms with E-state index >= 15 is 0 Å². The number of aryl methyl sites for hydroxylation is 1. The smallest absolute Gasteiger partial charge is 0.339 e. The van der Waals surface area contributed by atoms with Gasteiger partial charge in [0.15, 0.2) is 0 Å². The minimum absolute atomic E-state index is 0.245. The van der Waals surface area contributed by atoms with Crippen LogP contribution in [0.5, 0.6) is 0 Å². The summed E-state index contributed by atoms with van der Waals surface area (Å²) in [4.78, 5) is 11.9. The van der Waals surface area contributed by atoms with Crippen LogP contribution in [0.15, 0.2) is 63.8 Å². The monoisotopic (exact) mass is 313 g/mol. The third kappa shape index (κ3) is 3.49. The van der Waals surface area contributed by atoms with Gasteiger partial charge in [-0.25, -0.2) is 4.79 Å². The Bertz CT molecular complexity index is 824. The van der Waals surface area contributed by atoms with Crippen LogP contribution in [0.25, 0.3) is 11.0 Å². The van der Waals surface area contributed by atoms with Crippen LogP contribution in [0.2, 0.25) is 5.02 Å². The number of nitrogens with one attached hydrogen (secondary N) is 1. The zero-order valence-corrected chi connectivity index (χ0v) is 12.8. The van der Waals surface area contributed by atoms with Gasteiger partial charge in [0.1, 0.15) is 5.58 Å². The topological polar surface area (TPSA) is 42.2 Å². The van der Waals surface area contributed by atoms with Crippen LogP contribution in [-0.2, 0) is 6.42 Å².